The van der Waals surface area contributed by atoms with Gasteiger partial charge in [0, 0.05) is 6.42 Å². The molecule has 0 radical (unpaired) electrons. The van der Waals surface area contributed by atoms with E-state index in [0.717, 1.165) is 36.9 Å². The van der Waals surface area contributed by atoms with Crippen molar-refractivity contribution in [2.45, 2.75) is 39.0 Å². The number of piperidine rings is 3. The topological polar surface area (TPSA) is 18.5 Å². The van der Waals surface area contributed by atoms with Gasteiger partial charge in [-0.25, -0.2) is 0 Å². The van der Waals surface area contributed by atoms with Gasteiger partial charge in [0.15, 0.2) is 11.5 Å². The van der Waals surface area contributed by atoms with Gasteiger partial charge in [0.1, 0.15) is 0 Å². The van der Waals surface area contributed by atoms with Crippen molar-refractivity contribution in [1.29, 1.82) is 0 Å². The molecule has 0 saturated carbocycles. The van der Waals surface area contributed by atoms with Gasteiger partial charge in [-0.2, -0.15) is 0 Å². The minimum absolute atomic E-state index is 0.797. The highest BCUT2D eigenvalue weighted by molar-refractivity contribution is 5.42. The van der Waals surface area contributed by atoms with E-state index in [9.17, 15) is 0 Å². The predicted octanol–water partition coefficient (Wildman–Crippen LogP) is 3.66. The van der Waals surface area contributed by atoms with Crippen molar-refractivity contribution in [2.75, 3.05) is 39.9 Å². The minimum Gasteiger partial charge on any atom is -0.493 e. The summed E-state index contributed by atoms with van der Waals surface area (Å²) in [7, 11) is 1.72. The number of hydrogen-bond donors (Lipinski definition) is 0. The zero-order valence-corrected chi connectivity index (χ0v) is 14.1. The molecule has 0 N–H and O–H groups in total. The van der Waals surface area contributed by atoms with E-state index < -0.39 is 0 Å². The van der Waals surface area contributed by atoms with Crippen molar-refractivity contribution in [3.05, 3.63) is 23.8 Å². The van der Waals surface area contributed by atoms with Gasteiger partial charge in [-0.3, -0.25) is 0 Å². The number of ether oxygens (including phenoxy) is 2. The Balaban J connectivity index is 1.49. The summed E-state index contributed by atoms with van der Waals surface area (Å²) in [5.74, 6) is 2.79. The molecule has 0 amide bonds. The van der Waals surface area contributed by atoms with Gasteiger partial charge in [-0.1, -0.05) is 13.0 Å². The van der Waals surface area contributed by atoms with E-state index >= 15 is 0 Å². The second kappa shape index (κ2) is 6.91. The Morgan fingerprint density at radius 2 is 1.82 bits per heavy atom. The third kappa shape index (κ3) is 3.40. The van der Waals surface area contributed by atoms with Crippen LogP contribution in [0.5, 0.6) is 11.5 Å². The smallest absolute Gasteiger partial charge is 0.161 e. The van der Waals surface area contributed by atoms with E-state index in [1.807, 2.05) is 0 Å². The van der Waals surface area contributed by atoms with Crippen LogP contribution < -0.4 is 9.47 Å². The Morgan fingerprint density at radius 1 is 1.09 bits per heavy atom. The van der Waals surface area contributed by atoms with E-state index in [1.165, 1.54) is 55.5 Å². The molecule has 122 valence electrons. The van der Waals surface area contributed by atoms with Gasteiger partial charge in [-0.15, -0.1) is 0 Å². The molecule has 0 unspecified atom stereocenters. The Kier molecular flexibility index (Phi) is 4.92. The monoisotopic (exact) mass is 304 g/mol. The molecule has 0 aromatic heterocycles. The molecule has 3 fully saturated rings. The Morgan fingerprint density at radius 3 is 2.45 bits per heavy atom. The van der Waals surface area contributed by atoms with E-state index in [-0.39, 0.29) is 0 Å². The van der Waals surface area contributed by atoms with Crippen LogP contribution in [0.15, 0.2) is 18.2 Å². The van der Waals surface area contributed by atoms with Crippen LogP contribution in [0.25, 0.3) is 0 Å². The number of quaternary nitrogens is 1. The number of benzene rings is 1. The van der Waals surface area contributed by atoms with Crippen LogP contribution >= 0.6 is 0 Å². The lowest BCUT2D eigenvalue weighted by atomic mass is 9.85. The molecule has 2 bridgehead atoms. The van der Waals surface area contributed by atoms with Crippen LogP contribution in [0.1, 0.15) is 38.2 Å². The maximum Gasteiger partial charge on any atom is 0.161 e. The van der Waals surface area contributed by atoms with Crippen molar-refractivity contribution >= 4 is 0 Å². The number of nitrogens with zero attached hydrogens (tertiary/aromatic N) is 1. The fraction of sp³-hybridized carbons (Fsp3) is 0.684. The Bertz CT molecular complexity index is 478. The fourth-order valence-electron chi connectivity index (χ4n) is 4.11. The lowest BCUT2D eigenvalue weighted by Crippen LogP contribution is -2.58. The summed E-state index contributed by atoms with van der Waals surface area (Å²) >= 11 is 0. The molecule has 3 saturated heterocycles. The maximum atomic E-state index is 5.99. The fourth-order valence-corrected chi connectivity index (χ4v) is 4.11. The van der Waals surface area contributed by atoms with Gasteiger partial charge in [0.25, 0.3) is 0 Å². The Labute approximate surface area is 134 Å². The van der Waals surface area contributed by atoms with Crippen molar-refractivity contribution in [2.24, 2.45) is 5.92 Å². The second-order valence-corrected chi connectivity index (χ2v) is 7.01. The summed E-state index contributed by atoms with van der Waals surface area (Å²) in [4.78, 5) is 0. The standard InChI is InChI=1S/C19H30NO2/c1-3-16-5-6-18(19(15-16)21-2)22-14-4-10-20-11-7-17(8-12-20)9-13-20/h5-6,15,17H,3-4,7-14H2,1-2H3/q+1. The van der Waals surface area contributed by atoms with Crippen LogP contribution in [-0.4, -0.2) is 44.4 Å². The van der Waals surface area contributed by atoms with Crippen molar-refractivity contribution in [3.63, 3.8) is 0 Å². The molecule has 3 aliphatic heterocycles. The maximum absolute atomic E-state index is 5.99. The zero-order valence-electron chi connectivity index (χ0n) is 14.1. The summed E-state index contributed by atoms with van der Waals surface area (Å²) < 4.78 is 12.8. The predicted molar refractivity (Wildman–Crippen MR) is 89.6 cm³/mol. The summed E-state index contributed by atoms with van der Waals surface area (Å²) in [6, 6.07) is 6.28. The van der Waals surface area contributed by atoms with Gasteiger partial charge in [-0.05, 0) is 49.3 Å². The molecular weight excluding hydrogens is 274 g/mol. The SMILES string of the molecule is CCc1ccc(OCCC[N+]23CCC(CC2)CC3)c(OC)c1. The highest BCUT2D eigenvalue weighted by Gasteiger charge is 2.38. The molecule has 3 heteroatoms. The third-order valence-electron chi connectivity index (χ3n) is 5.71. The first kappa shape index (κ1) is 15.7. The molecule has 3 heterocycles. The number of fused-ring (bicyclic) bond motifs is 3. The molecule has 1 aromatic rings. The van der Waals surface area contributed by atoms with Crippen LogP contribution in [0.4, 0.5) is 0 Å². The molecule has 4 rings (SSSR count). The molecule has 0 spiro atoms. The van der Waals surface area contributed by atoms with E-state index in [4.69, 9.17) is 9.47 Å². The minimum atomic E-state index is 0.797. The molecule has 22 heavy (non-hydrogen) atoms. The van der Waals surface area contributed by atoms with Crippen LogP contribution in [-0.2, 0) is 6.42 Å². The first-order valence-electron chi connectivity index (χ1n) is 8.89. The van der Waals surface area contributed by atoms with Crippen molar-refractivity contribution in [3.8, 4) is 11.5 Å². The highest BCUT2D eigenvalue weighted by Crippen LogP contribution is 2.34. The first-order valence-corrected chi connectivity index (χ1v) is 8.89. The summed E-state index contributed by atoms with van der Waals surface area (Å²) in [5.41, 5.74) is 1.29. The average molecular weight is 304 g/mol. The van der Waals surface area contributed by atoms with Crippen molar-refractivity contribution in [1.82, 2.24) is 0 Å². The molecule has 1 aromatic carbocycles. The highest BCUT2D eigenvalue weighted by atomic mass is 16.5. The Hall–Kier alpha value is -1.22. The first-order chi connectivity index (χ1) is 10.7. The van der Waals surface area contributed by atoms with Gasteiger partial charge >= 0.3 is 0 Å². The second-order valence-electron chi connectivity index (χ2n) is 7.01. The van der Waals surface area contributed by atoms with E-state index in [1.54, 1.807) is 7.11 Å². The molecule has 0 aliphatic carbocycles. The van der Waals surface area contributed by atoms with Crippen molar-refractivity contribution < 1.29 is 14.0 Å². The largest absolute Gasteiger partial charge is 0.493 e. The molecular formula is C19H30NO2+. The lowest BCUT2D eigenvalue weighted by Gasteiger charge is -2.49. The van der Waals surface area contributed by atoms with Gasteiger partial charge in [0.2, 0.25) is 0 Å². The number of hydrogen-bond acceptors (Lipinski definition) is 2. The summed E-state index contributed by atoms with van der Waals surface area (Å²) in [5, 5.41) is 0. The van der Waals surface area contributed by atoms with Gasteiger partial charge < -0.3 is 14.0 Å². The third-order valence-corrected chi connectivity index (χ3v) is 5.71. The molecule has 0 atom stereocenters. The molecule has 3 aliphatic rings. The van der Waals surface area contributed by atoms with E-state index in [2.05, 4.69) is 25.1 Å². The summed E-state index contributed by atoms with van der Waals surface area (Å²) in [6.07, 6.45) is 6.52. The number of rotatable bonds is 7. The normalized spacial score (nSPS) is 26.9. The summed E-state index contributed by atoms with van der Waals surface area (Å²) in [6.45, 7) is 8.44. The van der Waals surface area contributed by atoms with Crippen LogP contribution in [0.3, 0.4) is 0 Å². The van der Waals surface area contributed by atoms with Crippen LogP contribution in [0, 0.1) is 5.92 Å². The quantitative estimate of drug-likeness (QED) is 0.565. The zero-order chi connectivity index (χ0) is 15.4. The molecule has 3 nitrogen and oxygen atoms in total. The number of methoxy groups -OCH3 is 1. The average Bonchev–Trinajstić information content (AvgIpc) is 2.60. The van der Waals surface area contributed by atoms with Crippen LogP contribution in [0.2, 0.25) is 0 Å². The lowest BCUT2D eigenvalue weighted by molar-refractivity contribution is -0.942. The number of aryl methyl sites for hydroxylation is 1. The van der Waals surface area contributed by atoms with Gasteiger partial charge in [0.05, 0.1) is 39.9 Å². The van der Waals surface area contributed by atoms with E-state index in [0.29, 0.717) is 0 Å².